The molecule has 0 aromatic heterocycles. The van der Waals surface area contributed by atoms with Gasteiger partial charge in [0.2, 0.25) is 0 Å². The van der Waals surface area contributed by atoms with Crippen LogP contribution in [0.2, 0.25) is 0 Å². The van der Waals surface area contributed by atoms with Gasteiger partial charge in [-0.2, -0.15) is 0 Å². The monoisotopic (exact) mass is 510 g/mol. The number of hydrogen-bond donors (Lipinski definition) is 0. The fourth-order valence-corrected chi connectivity index (χ4v) is 3.72. The molecule has 0 unspecified atom stereocenters. The van der Waals surface area contributed by atoms with E-state index < -0.39 is 0 Å². The maximum absolute atomic E-state index is 12.3. The third-order valence-electron chi connectivity index (χ3n) is 3.83. The van der Waals surface area contributed by atoms with Crippen LogP contribution >= 0.6 is 31.9 Å². The lowest BCUT2D eigenvalue weighted by molar-refractivity contribution is -0.110. The molecule has 2 aromatic rings. The molecule has 5 nitrogen and oxygen atoms in total. The average molecular weight is 512 g/mol. The highest BCUT2D eigenvalue weighted by Gasteiger charge is 2.10. The maximum Gasteiger partial charge on any atom is 0.178 e. The van der Waals surface area contributed by atoms with Gasteiger partial charge in [-0.1, -0.05) is 0 Å². The van der Waals surface area contributed by atoms with Crippen molar-refractivity contribution in [3.63, 3.8) is 0 Å². The zero-order valence-electron chi connectivity index (χ0n) is 15.9. The molecule has 148 valence electrons. The van der Waals surface area contributed by atoms with Gasteiger partial charge in [0.15, 0.2) is 5.78 Å². The Morgan fingerprint density at radius 3 is 1.43 bits per heavy atom. The summed E-state index contributed by atoms with van der Waals surface area (Å²) < 4.78 is 22.8. The van der Waals surface area contributed by atoms with E-state index in [0.29, 0.717) is 23.0 Å². The largest absolute Gasteiger partial charge is 0.497 e. The van der Waals surface area contributed by atoms with Gasteiger partial charge in [-0.3, -0.25) is 4.79 Å². The van der Waals surface area contributed by atoms with Crippen molar-refractivity contribution in [1.29, 1.82) is 0 Å². The molecule has 0 aliphatic carbocycles. The lowest BCUT2D eigenvalue weighted by Gasteiger charge is -2.10. The van der Waals surface area contributed by atoms with Gasteiger partial charge in [0.1, 0.15) is 23.0 Å². The van der Waals surface area contributed by atoms with E-state index in [1.54, 1.807) is 64.9 Å². The Hall–Kier alpha value is -2.25. The van der Waals surface area contributed by atoms with Crippen LogP contribution in [0.25, 0.3) is 12.2 Å². The molecule has 0 amide bonds. The zero-order valence-corrected chi connectivity index (χ0v) is 19.1. The molecule has 0 aliphatic heterocycles. The number of halogens is 2. The standard InChI is InChI=1S/C21H20Br2O5/c1-25-16-9-13(20(27-3)18(22)11-16)5-7-15(24)8-6-14-10-17(26-2)12-19(23)21(14)28-4/h5-12H,1-4H3/b7-5+,8-6+. The minimum absolute atomic E-state index is 0.193. The molecule has 0 fully saturated rings. The highest BCUT2D eigenvalue weighted by molar-refractivity contribution is 9.11. The number of methoxy groups -OCH3 is 4. The number of rotatable bonds is 8. The summed E-state index contributed by atoms with van der Waals surface area (Å²) in [5, 5.41) is 0. The first-order valence-corrected chi connectivity index (χ1v) is 9.75. The summed E-state index contributed by atoms with van der Waals surface area (Å²) in [4.78, 5) is 12.3. The van der Waals surface area contributed by atoms with Crippen LogP contribution in [0.5, 0.6) is 23.0 Å². The Morgan fingerprint density at radius 1 is 0.714 bits per heavy atom. The molecule has 0 atom stereocenters. The molecule has 0 aliphatic rings. The molecule has 0 spiro atoms. The third-order valence-corrected chi connectivity index (χ3v) is 5.00. The summed E-state index contributed by atoms with van der Waals surface area (Å²) in [6, 6.07) is 7.17. The number of benzene rings is 2. The van der Waals surface area contributed by atoms with E-state index in [0.717, 1.165) is 20.1 Å². The van der Waals surface area contributed by atoms with Crippen molar-refractivity contribution in [2.75, 3.05) is 28.4 Å². The minimum atomic E-state index is -0.193. The summed E-state index contributed by atoms with van der Waals surface area (Å²) in [7, 11) is 6.29. The summed E-state index contributed by atoms with van der Waals surface area (Å²) in [6.07, 6.45) is 6.28. The average Bonchev–Trinajstić information content (AvgIpc) is 2.69. The summed E-state index contributed by atoms with van der Waals surface area (Å²) >= 11 is 6.87. The van der Waals surface area contributed by atoms with Crippen LogP contribution in [0.15, 0.2) is 45.4 Å². The van der Waals surface area contributed by atoms with Gasteiger partial charge in [-0.15, -0.1) is 0 Å². The van der Waals surface area contributed by atoms with Crippen molar-refractivity contribution >= 4 is 49.8 Å². The van der Waals surface area contributed by atoms with E-state index in [2.05, 4.69) is 31.9 Å². The molecule has 0 bridgehead atoms. The van der Waals surface area contributed by atoms with Crippen LogP contribution in [-0.2, 0) is 4.79 Å². The third kappa shape index (κ3) is 5.39. The molecule has 0 saturated carbocycles. The van der Waals surface area contributed by atoms with Crippen molar-refractivity contribution < 1.29 is 23.7 Å². The lowest BCUT2D eigenvalue weighted by Crippen LogP contribution is -1.93. The highest BCUT2D eigenvalue weighted by atomic mass is 79.9. The van der Waals surface area contributed by atoms with Crippen molar-refractivity contribution in [2.45, 2.75) is 0 Å². The molecule has 0 N–H and O–H groups in total. The Morgan fingerprint density at radius 2 is 1.11 bits per heavy atom. The quantitative estimate of drug-likeness (QED) is 0.435. The van der Waals surface area contributed by atoms with Gasteiger partial charge < -0.3 is 18.9 Å². The van der Waals surface area contributed by atoms with Crippen LogP contribution in [0.1, 0.15) is 11.1 Å². The SMILES string of the molecule is COc1cc(Br)c(OC)c(/C=C/C(=O)/C=C/c2cc(OC)cc(Br)c2OC)c1. The topological polar surface area (TPSA) is 54.0 Å². The molecule has 0 saturated heterocycles. The van der Waals surface area contributed by atoms with Crippen molar-refractivity contribution in [1.82, 2.24) is 0 Å². The normalized spacial score (nSPS) is 11.1. The molecule has 7 heteroatoms. The smallest absolute Gasteiger partial charge is 0.178 e. The first kappa shape index (κ1) is 22.0. The first-order chi connectivity index (χ1) is 13.4. The second kappa shape index (κ2) is 10.3. The number of carbonyl (C=O) groups is 1. The zero-order chi connectivity index (χ0) is 20.7. The van der Waals surface area contributed by atoms with Gasteiger partial charge in [0, 0.05) is 11.1 Å². The predicted molar refractivity (Wildman–Crippen MR) is 118 cm³/mol. The second-order valence-electron chi connectivity index (χ2n) is 5.53. The lowest BCUT2D eigenvalue weighted by atomic mass is 10.1. The molecular formula is C21H20Br2O5. The minimum Gasteiger partial charge on any atom is -0.497 e. The van der Waals surface area contributed by atoms with Gasteiger partial charge in [0.25, 0.3) is 0 Å². The Kier molecular flexibility index (Phi) is 8.14. The summed E-state index contributed by atoms with van der Waals surface area (Å²) in [5.74, 6) is 2.35. The Labute approximate surface area is 181 Å². The molecule has 2 rings (SSSR count). The van der Waals surface area contributed by atoms with Crippen LogP contribution in [0.4, 0.5) is 0 Å². The van der Waals surface area contributed by atoms with E-state index >= 15 is 0 Å². The number of carbonyl (C=O) groups excluding carboxylic acids is 1. The molecule has 2 aromatic carbocycles. The summed E-state index contributed by atoms with van der Waals surface area (Å²) in [5.41, 5.74) is 1.44. The van der Waals surface area contributed by atoms with E-state index in [9.17, 15) is 4.79 Å². The van der Waals surface area contributed by atoms with Gasteiger partial charge >= 0.3 is 0 Å². The molecule has 28 heavy (non-hydrogen) atoms. The van der Waals surface area contributed by atoms with E-state index in [1.165, 1.54) is 12.2 Å². The second-order valence-corrected chi connectivity index (χ2v) is 7.24. The number of hydrogen-bond acceptors (Lipinski definition) is 5. The van der Waals surface area contributed by atoms with Crippen LogP contribution in [-0.4, -0.2) is 34.2 Å². The van der Waals surface area contributed by atoms with Crippen molar-refractivity contribution in [3.05, 3.63) is 56.5 Å². The van der Waals surface area contributed by atoms with E-state index in [1.807, 2.05) is 0 Å². The predicted octanol–water partition coefficient (Wildman–Crippen LogP) is 5.54. The van der Waals surface area contributed by atoms with E-state index in [-0.39, 0.29) is 5.78 Å². The molecule has 0 heterocycles. The van der Waals surface area contributed by atoms with Crippen LogP contribution in [0, 0.1) is 0 Å². The Bertz CT molecular complexity index is 846. The van der Waals surface area contributed by atoms with Gasteiger partial charge in [-0.05, 0) is 80.4 Å². The van der Waals surface area contributed by atoms with Crippen molar-refractivity contribution in [2.24, 2.45) is 0 Å². The number of ether oxygens (including phenoxy) is 4. The van der Waals surface area contributed by atoms with E-state index in [4.69, 9.17) is 18.9 Å². The fourth-order valence-electron chi connectivity index (χ4n) is 2.49. The highest BCUT2D eigenvalue weighted by Crippen LogP contribution is 2.35. The fraction of sp³-hybridized carbons (Fsp3) is 0.190. The maximum atomic E-state index is 12.3. The van der Waals surface area contributed by atoms with Crippen molar-refractivity contribution in [3.8, 4) is 23.0 Å². The van der Waals surface area contributed by atoms with Crippen LogP contribution in [0.3, 0.4) is 0 Å². The molecule has 0 radical (unpaired) electrons. The Balaban J connectivity index is 2.28. The van der Waals surface area contributed by atoms with Crippen LogP contribution < -0.4 is 18.9 Å². The molecular weight excluding hydrogens is 492 g/mol. The number of allylic oxidation sites excluding steroid dienone is 2. The summed E-state index contributed by atoms with van der Waals surface area (Å²) in [6.45, 7) is 0. The van der Waals surface area contributed by atoms with Gasteiger partial charge in [0.05, 0.1) is 37.4 Å². The first-order valence-electron chi connectivity index (χ1n) is 8.16. The van der Waals surface area contributed by atoms with Gasteiger partial charge in [-0.25, -0.2) is 0 Å². The number of ketones is 1.